The Bertz CT molecular complexity index is 3020. The molecule has 0 radical (unpaired) electrons. The Balaban J connectivity index is 1.09. The van der Waals surface area contributed by atoms with Gasteiger partial charge in [-0.25, -0.2) is 14.8 Å². The smallest absolute Gasteiger partial charge is 0.187 e. The minimum absolute atomic E-state index is 0.492. The third kappa shape index (κ3) is 5.05. The molecule has 0 fully saturated rings. The van der Waals surface area contributed by atoms with Gasteiger partial charge in [-0.2, -0.15) is 0 Å². The fourth-order valence-corrected chi connectivity index (χ4v) is 9.26. The first-order valence-electron chi connectivity index (χ1n) is 19.3. The molecular weight excluding hydrogens is 691 g/mol. The molecule has 8 aromatic carbocycles. The van der Waals surface area contributed by atoms with Crippen LogP contribution >= 0.6 is 0 Å². The van der Waals surface area contributed by atoms with E-state index in [2.05, 4.69) is 175 Å². The first kappa shape index (κ1) is 32.7. The van der Waals surface area contributed by atoms with E-state index in [0.717, 1.165) is 50.3 Å². The maximum Gasteiger partial charge on any atom is 0.187 e. The topological polar surface area (TPSA) is 30.1 Å². The Labute approximate surface area is 332 Å². The summed E-state index contributed by atoms with van der Waals surface area (Å²) in [6.07, 6.45) is 0. The molecule has 0 aliphatic heterocycles. The summed E-state index contributed by atoms with van der Waals surface area (Å²) in [4.78, 5) is 14.2. The largest absolute Gasteiger partial charge is 0.238 e. The predicted molar refractivity (Wildman–Crippen MR) is 232 cm³/mol. The van der Waals surface area contributed by atoms with E-state index in [0.29, 0.717) is 11.5 Å². The number of hydrogen-bond donors (Lipinski definition) is 0. The van der Waals surface area contributed by atoms with Crippen molar-refractivity contribution in [3.63, 3.8) is 0 Å². The van der Waals surface area contributed by atoms with Crippen LogP contribution in [0.3, 0.4) is 0 Å². The zero-order chi connectivity index (χ0) is 37.9. The maximum atomic E-state index is 7.99. The standard InChI is InChI=1S/C54H33N3/c1-55-41-30-31-48-45(33-41)52-42(22-13-25-49(52)54(48)46-23-10-8-20-43(46)44-21-9-11-24-47(44)54)39-18-12-19-40(32-39)51-34-50(56-53(57-51)38-16-6-3-7-17-38)37-28-26-36(27-29-37)35-14-4-2-5-15-35/h2-34H. The lowest BCUT2D eigenvalue weighted by Crippen LogP contribution is -2.25. The molecular formula is C54H33N3. The second-order valence-electron chi connectivity index (χ2n) is 14.8. The Morgan fingerprint density at radius 3 is 1.56 bits per heavy atom. The zero-order valence-electron chi connectivity index (χ0n) is 30.9. The molecule has 57 heavy (non-hydrogen) atoms. The van der Waals surface area contributed by atoms with Crippen molar-refractivity contribution in [3.8, 4) is 78.4 Å². The molecule has 3 heteroatoms. The summed E-state index contributed by atoms with van der Waals surface area (Å²) < 4.78 is 0. The summed E-state index contributed by atoms with van der Waals surface area (Å²) in [6, 6.07) is 70.8. The molecule has 1 spiro atoms. The molecule has 3 nitrogen and oxygen atoms in total. The van der Waals surface area contributed by atoms with Crippen molar-refractivity contribution in [1.82, 2.24) is 9.97 Å². The summed E-state index contributed by atoms with van der Waals surface area (Å²) >= 11 is 0. The van der Waals surface area contributed by atoms with Crippen LogP contribution in [0.4, 0.5) is 5.69 Å². The van der Waals surface area contributed by atoms with Crippen molar-refractivity contribution in [2.75, 3.05) is 0 Å². The lowest BCUT2D eigenvalue weighted by molar-refractivity contribution is 0.794. The average molecular weight is 724 g/mol. The van der Waals surface area contributed by atoms with Crippen LogP contribution in [0.25, 0.3) is 83.3 Å². The van der Waals surface area contributed by atoms with Crippen LogP contribution in [0.15, 0.2) is 200 Å². The number of fused-ring (bicyclic) bond motifs is 10. The van der Waals surface area contributed by atoms with Gasteiger partial charge < -0.3 is 0 Å². The van der Waals surface area contributed by atoms with Gasteiger partial charge in [-0.1, -0.05) is 182 Å². The minimum Gasteiger partial charge on any atom is -0.238 e. The number of rotatable bonds is 5. The van der Waals surface area contributed by atoms with Crippen molar-refractivity contribution < 1.29 is 0 Å². The monoisotopic (exact) mass is 723 g/mol. The highest BCUT2D eigenvalue weighted by Gasteiger charge is 2.52. The number of aromatic nitrogens is 2. The van der Waals surface area contributed by atoms with Crippen LogP contribution in [-0.2, 0) is 5.41 Å². The summed E-state index contributed by atoms with van der Waals surface area (Å²) in [5, 5.41) is 0. The van der Waals surface area contributed by atoms with Gasteiger partial charge in [0.05, 0.1) is 23.4 Å². The van der Waals surface area contributed by atoms with Crippen LogP contribution in [0, 0.1) is 6.57 Å². The van der Waals surface area contributed by atoms with Gasteiger partial charge in [0.25, 0.3) is 0 Å². The first-order chi connectivity index (χ1) is 28.2. The van der Waals surface area contributed by atoms with E-state index in [-0.39, 0.29) is 0 Å². The Morgan fingerprint density at radius 1 is 0.351 bits per heavy atom. The number of benzene rings is 8. The highest BCUT2D eigenvalue weighted by molar-refractivity contribution is 6.01. The molecule has 0 saturated carbocycles. The van der Waals surface area contributed by atoms with Crippen LogP contribution in [-0.4, -0.2) is 9.97 Å². The molecule has 1 heterocycles. The van der Waals surface area contributed by atoms with Gasteiger partial charge in [-0.05, 0) is 85.0 Å². The summed E-state index contributed by atoms with van der Waals surface area (Å²) in [6.45, 7) is 7.99. The highest BCUT2D eigenvalue weighted by Crippen LogP contribution is 2.64. The first-order valence-corrected chi connectivity index (χ1v) is 19.3. The third-order valence-corrected chi connectivity index (χ3v) is 11.7. The third-order valence-electron chi connectivity index (χ3n) is 11.7. The van der Waals surface area contributed by atoms with Gasteiger partial charge in [0.2, 0.25) is 0 Å². The number of hydrogen-bond acceptors (Lipinski definition) is 2. The predicted octanol–water partition coefficient (Wildman–Crippen LogP) is 13.7. The van der Waals surface area contributed by atoms with Crippen molar-refractivity contribution in [2.45, 2.75) is 5.41 Å². The fraction of sp³-hybridized carbons (Fsp3) is 0.0185. The van der Waals surface area contributed by atoms with Crippen LogP contribution < -0.4 is 0 Å². The zero-order valence-corrected chi connectivity index (χ0v) is 30.9. The Kier molecular flexibility index (Phi) is 7.45. The molecule has 9 aromatic rings. The normalized spacial score (nSPS) is 12.7. The molecule has 2 aliphatic carbocycles. The van der Waals surface area contributed by atoms with E-state index in [1.165, 1.54) is 44.5 Å². The highest BCUT2D eigenvalue weighted by atomic mass is 14.9. The van der Waals surface area contributed by atoms with Gasteiger partial charge in [0, 0.05) is 16.7 Å². The Hall–Kier alpha value is -7.67. The lowest BCUT2D eigenvalue weighted by atomic mass is 9.70. The van der Waals surface area contributed by atoms with Crippen LogP contribution in [0.5, 0.6) is 0 Å². The second kappa shape index (κ2) is 13.0. The van der Waals surface area contributed by atoms with Gasteiger partial charge in [0.15, 0.2) is 11.5 Å². The van der Waals surface area contributed by atoms with E-state index in [4.69, 9.17) is 16.5 Å². The number of nitrogens with zero attached hydrogens (tertiary/aromatic N) is 3. The molecule has 0 unspecified atom stereocenters. The van der Waals surface area contributed by atoms with E-state index in [1.54, 1.807) is 0 Å². The molecule has 264 valence electrons. The summed E-state index contributed by atoms with van der Waals surface area (Å²) in [7, 11) is 0. The molecule has 0 bridgehead atoms. The summed E-state index contributed by atoms with van der Waals surface area (Å²) in [5.74, 6) is 0.683. The average Bonchev–Trinajstić information content (AvgIpc) is 3.76. The van der Waals surface area contributed by atoms with E-state index in [9.17, 15) is 0 Å². The van der Waals surface area contributed by atoms with E-state index < -0.39 is 5.41 Å². The quantitative estimate of drug-likeness (QED) is 0.166. The van der Waals surface area contributed by atoms with Crippen LogP contribution in [0.1, 0.15) is 22.3 Å². The van der Waals surface area contributed by atoms with E-state index >= 15 is 0 Å². The minimum atomic E-state index is -0.492. The lowest BCUT2D eigenvalue weighted by Gasteiger charge is -2.30. The van der Waals surface area contributed by atoms with Crippen molar-refractivity contribution in [2.24, 2.45) is 0 Å². The molecule has 2 aliphatic rings. The molecule has 0 atom stereocenters. The van der Waals surface area contributed by atoms with Crippen molar-refractivity contribution in [3.05, 3.63) is 234 Å². The van der Waals surface area contributed by atoms with Crippen molar-refractivity contribution in [1.29, 1.82) is 0 Å². The van der Waals surface area contributed by atoms with Gasteiger partial charge in [-0.15, -0.1) is 0 Å². The Morgan fingerprint density at radius 2 is 0.860 bits per heavy atom. The van der Waals surface area contributed by atoms with Crippen molar-refractivity contribution >= 4 is 5.69 Å². The van der Waals surface area contributed by atoms with Gasteiger partial charge in [-0.3, -0.25) is 0 Å². The summed E-state index contributed by atoms with van der Waals surface area (Å²) in [5.41, 5.74) is 19.3. The molecule has 11 rings (SSSR count). The van der Waals surface area contributed by atoms with Gasteiger partial charge >= 0.3 is 0 Å². The molecule has 1 aromatic heterocycles. The molecule has 0 N–H and O–H groups in total. The SMILES string of the molecule is [C-]#[N+]c1ccc2c(c1)-c1c(-c3cccc(-c4cc(-c5ccc(-c6ccccc6)cc5)nc(-c5ccccc5)n4)c3)cccc1C21c2ccccc2-c2ccccc21. The fourth-order valence-electron chi connectivity index (χ4n) is 9.26. The molecule has 0 saturated heterocycles. The maximum absolute atomic E-state index is 7.99. The molecule has 0 amide bonds. The van der Waals surface area contributed by atoms with Gasteiger partial charge in [0.1, 0.15) is 0 Å². The second-order valence-corrected chi connectivity index (χ2v) is 14.8. The van der Waals surface area contributed by atoms with E-state index in [1.807, 2.05) is 30.3 Å². The van der Waals surface area contributed by atoms with Crippen LogP contribution in [0.2, 0.25) is 0 Å².